The Bertz CT molecular complexity index is 1110. The second kappa shape index (κ2) is 9.86. The highest BCUT2D eigenvalue weighted by atomic mass is 35.5. The maximum Gasteiger partial charge on any atom is 0.233 e. The molecule has 1 amide bonds. The summed E-state index contributed by atoms with van der Waals surface area (Å²) in [6.07, 6.45) is 3.28. The summed E-state index contributed by atoms with van der Waals surface area (Å²) in [5, 5.41) is 10.9. The van der Waals surface area contributed by atoms with E-state index in [1.165, 1.54) is 18.2 Å². The van der Waals surface area contributed by atoms with Gasteiger partial charge in [0.25, 0.3) is 0 Å². The number of hydrogen-bond acceptors (Lipinski definition) is 4. The SMILES string of the molecule is Cc1ccc(-n2c(SCC(=O)N3[C@@H](C)CCC[C@@H]3C)nnc2-c2ccc(Cl)cc2)cc1Cl. The largest absolute Gasteiger partial charge is 0.337 e. The summed E-state index contributed by atoms with van der Waals surface area (Å²) in [4.78, 5) is 15.1. The average molecular weight is 489 g/mol. The zero-order valence-electron chi connectivity index (χ0n) is 18.4. The van der Waals surface area contributed by atoms with Crippen LogP contribution in [0, 0.1) is 6.92 Å². The van der Waals surface area contributed by atoms with Crippen molar-refractivity contribution in [3.05, 3.63) is 58.1 Å². The van der Waals surface area contributed by atoms with E-state index in [4.69, 9.17) is 23.2 Å². The van der Waals surface area contributed by atoms with Gasteiger partial charge < -0.3 is 4.90 Å². The van der Waals surface area contributed by atoms with E-state index in [2.05, 4.69) is 24.0 Å². The molecule has 2 atom stereocenters. The van der Waals surface area contributed by atoms with Gasteiger partial charge in [-0.25, -0.2) is 0 Å². The highest BCUT2D eigenvalue weighted by Crippen LogP contribution is 2.31. The molecule has 8 heteroatoms. The molecule has 2 aromatic carbocycles. The Hall–Kier alpha value is -2.02. The third-order valence-electron chi connectivity index (χ3n) is 5.96. The summed E-state index contributed by atoms with van der Waals surface area (Å²) >= 11 is 13.9. The van der Waals surface area contributed by atoms with Crippen molar-refractivity contribution in [1.29, 1.82) is 0 Å². The summed E-state index contributed by atoms with van der Waals surface area (Å²) in [5.74, 6) is 1.13. The number of carbonyl (C=O) groups excluding carboxylic acids is 1. The van der Waals surface area contributed by atoms with E-state index in [1.54, 1.807) is 0 Å². The smallest absolute Gasteiger partial charge is 0.233 e. The molecule has 4 rings (SSSR count). The summed E-state index contributed by atoms with van der Waals surface area (Å²) < 4.78 is 1.95. The Labute approximate surface area is 203 Å². The zero-order valence-corrected chi connectivity index (χ0v) is 20.7. The van der Waals surface area contributed by atoms with Crippen LogP contribution in [0.25, 0.3) is 17.1 Å². The number of hydrogen-bond donors (Lipinski definition) is 0. The topological polar surface area (TPSA) is 51.0 Å². The van der Waals surface area contributed by atoms with Crippen LogP contribution in [0.1, 0.15) is 38.7 Å². The molecule has 0 aliphatic carbocycles. The van der Waals surface area contributed by atoms with Gasteiger partial charge in [0, 0.05) is 27.7 Å². The van der Waals surface area contributed by atoms with Gasteiger partial charge in [0.15, 0.2) is 11.0 Å². The Kier molecular flexibility index (Phi) is 7.13. The van der Waals surface area contributed by atoms with Crippen molar-refractivity contribution in [2.75, 3.05) is 5.75 Å². The first-order chi connectivity index (χ1) is 15.3. The van der Waals surface area contributed by atoms with Crippen molar-refractivity contribution >= 4 is 40.9 Å². The average Bonchev–Trinajstić information content (AvgIpc) is 3.18. The molecule has 168 valence electrons. The molecule has 32 heavy (non-hydrogen) atoms. The van der Waals surface area contributed by atoms with Gasteiger partial charge in [0.05, 0.1) is 11.4 Å². The lowest BCUT2D eigenvalue weighted by molar-refractivity contribution is -0.134. The van der Waals surface area contributed by atoms with E-state index in [0.29, 0.717) is 26.8 Å². The maximum absolute atomic E-state index is 13.1. The third-order valence-corrected chi connectivity index (χ3v) is 7.53. The fourth-order valence-corrected chi connectivity index (χ4v) is 5.34. The van der Waals surface area contributed by atoms with Crippen LogP contribution in [0.2, 0.25) is 10.0 Å². The first-order valence-electron chi connectivity index (χ1n) is 10.8. The number of benzene rings is 2. The number of amides is 1. The summed E-state index contributed by atoms with van der Waals surface area (Å²) in [7, 11) is 0. The fourth-order valence-electron chi connectivity index (χ4n) is 4.22. The number of likely N-dealkylation sites (tertiary alicyclic amines) is 1. The highest BCUT2D eigenvalue weighted by Gasteiger charge is 2.29. The van der Waals surface area contributed by atoms with Crippen LogP contribution < -0.4 is 0 Å². The van der Waals surface area contributed by atoms with Crippen LogP contribution in [-0.2, 0) is 4.79 Å². The van der Waals surface area contributed by atoms with E-state index in [-0.39, 0.29) is 18.0 Å². The number of rotatable bonds is 5. The normalized spacial score (nSPS) is 18.7. The van der Waals surface area contributed by atoms with E-state index in [9.17, 15) is 4.79 Å². The minimum atomic E-state index is 0.138. The molecule has 0 spiro atoms. The lowest BCUT2D eigenvalue weighted by Crippen LogP contribution is -2.48. The Morgan fingerprint density at radius 3 is 2.41 bits per heavy atom. The highest BCUT2D eigenvalue weighted by molar-refractivity contribution is 7.99. The quantitative estimate of drug-likeness (QED) is 0.388. The van der Waals surface area contributed by atoms with Gasteiger partial charge in [0.2, 0.25) is 5.91 Å². The minimum absolute atomic E-state index is 0.138. The molecule has 1 aliphatic heterocycles. The number of nitrogens with zero attached hydrogens (tertiary/aromatic N) is 4. The molecule has 1 aliphatic rings. The van der Waals surface area contributed by atoms with Crippen LogP contribution in [-0.4, -0.2) is 43.4 Å². The first kappa shape index (κ1) is 23.1. The van der Waals surface area contributed by atoms with Crippen LogP contribution in [0.4, 0.5) is 0 Å². The Balaban J connectivity index is 1.66. The lowest BCUT2D eigenvalue weighted by Gasteiger charge is -2.39. The predicted octanol–water partition coefficient (Wildman–Crippen LogP) is 6.43. The number of piperidine rings is 1. The van der Waals surface area contributed by atoms with E-state index in [1.807, 2.05) is 58.9 Å². The number of carbonyl (C=O) groups is 1. The molecular weight excluding hydrogens is 463 g/mol. The van der Waals surface area contributed by atoms with Gasteiger partial charge in [-0.2, -0.15) is 0 Å². The zero-order chi connectivity index (χ0) is 22.8. The van der Waals surface area contributed by atoms with Crippen molar-refractivity contribution in [3.8, 4) is 17.1 Å². The number of thioether (sulfide) groups is 1. The maximum atomic E-state index is 13.1. The number of aromatic nitrogens is 3. The van der Waals surface area contributed by atoms with Gasteiger partial charge in [-0.3, -0.25) is 9.36 Å². The third kappa shape index (κ3) is 4.82. The second-order valence-electron chi connectivity index (χ2n) is 8.30. The van der Waals surface area contributed by atoms with E-state index in [0.717, 1.165) is 29.7 Å². The molecule has 3 aromatic rings. The summed E-state index contributed by atoms with van der Waals surface area (Å²) in [6.45, 7) is 6.23. The van der Waals surface area contributed by atoms with Crippen molar-refractivity contribution < 1.29 is 4.79 Å². The molecule has 2 heterocycles. The molecule has 1 aromatic heterocycles. The second-order valence-corrected chi connectivity index (χ2v) is 10.1. The van der Waals surface area contributed by atoms with Crippen molar-refractivity contribution in [1.82, 2.24) is 19.7 Å². The predicted molar refractivity (Wildman–Crippen MR) is 132 cm³/mol. The van der Waals surface area contributed by atoms with Gasteiger partial charge in [-0.05, 0) is 82.0 Å². The molecule has 0 saturated carbocycles. The standard InChI is InChI=1S/C24H26Cl2N4OS/c1-15-7-12-20(13-21(15)26)30-23(18-8-10-19(25)11-9-18)27-28-24(30)32-14-22(31)29-16(2)5-4-6-17(29)3/h7-13,16-17H,4-6,14H2,1-3H3/t16-,17-/m0/s1. The first-order valence-corrected chi connectivity index (χ1v) is 12.5. The number of aryl methyl sites for hydroxylation is 1. The lowest BCUT2D eigenvalue weighted by atomic mass is 9.98. The van der Waals surface area contributed by atoms with Gasteiger partial charge in [0.1, 0.15) is 0 Å². The van der Waals surface area contributed by atoms with E-state index < -0.39 is 0 Å². The minimum Gasteiger partial charge on any atom is -0.337 e. The van der Waals surface area contributed by atoms with Crippen molar-refractivity contribution in [3.63, 3.8) is 0 Å². The summed E-state index contributed by atoms with van der Waals surface area (Å²) in [6, 6.07) is 13.9. The van der Waals surface area contributed by atoms with Crippen LogP contribution in [0.3, 0.4) is 0 Å². The molecule has 1 saturated heterocycles. The fraction of sp³-hybridized carbons (Fsp3) is 0.375. The Morgan fingerprint density at radius 1 is 1.06 bits per heavy atom. The molecular formula is C24H26Cl2N4OS. The molecule has 0 N–H and O–H groups in total. The van der Waals surface area contributed by atoms with E-state index >= 15 is 0 Å². The van der Waals surface area contributed by atoms with Crippen LogP contribution in [0.5, 0.6) is 0 Å². The van der Waals surface area contributed by atoms with Crippen molar-refractivity contribution in [2.45, 2.75) is 57.3 Å². The molecule has 1 fully saturated rings. The molecule has 0 radical (unpaired) electrons. The Morgan fingerprint density at radius 2 is 1.75 bits per heavy atom. The van der Waals surface area contributed by atoms with Gasteiger partial charge >= 0.3 is 0 Å². The molecule has 5 nitrogen and oxygen atoms in total. The summed E-state index contributed by atoms with van der Waals surface area (Å²) in [5.41, 5.74) is 2.73. The molecule has 0 unspecified atom stereocenters. The van der Waals surface area contributed by atoms with Crippen molar-refractivity contribution in [2.24, 2.45) is 0 Å². The van der Waals surface area contributed by atoms with Gasteiger partial charge in [-0.1, -0.05) is 41.0 Å². The van der Waals surface area contributed by atoms with Gasteiger partial charge in [-0.15, -0.1) is 10.2 Å². The van der Waals surface area contributed by atoms with Crippen LogP contribution in [0.15, 0.2) is 47.6 Å². The van der Waals surface area contributed by atoms with Crippen LogP contribution >= 0.6 is 35.0 Å². The monoisotopic (exact) mass is 488 g/mol. The number of halogens is 2. The molecule has 0 bridgehead atoms.